The zero-order valence-corrected chi connectivity index (χ0v) is 9.58. The van der Waals surface area contributed by atoms with E-state index in [1.807, 2.05) is 11.6 Å². The van der Waals surface area contributed by atoms with Crippen LogP contribution in [0.1, 0.15) is 31.0 Å². The first-order valence-corrected chi connectivity index (χ1v) is 5.56. The van der Waals surface area contributed by atoms with Gasteiger partial charge in [-0.15, -0.1) is 0 Å². The Hall–Kier alpha value is -1.09. The van der Waals surface area contributed by atoms with Crippen LogP contribution in [-0.2, 0) is 13.1 Å². The number of allylic oxidation sites excluding steroid dienone is 1. The molecule has 3 nitrogen and oxygen atoms in total. The first-order chi connectivity index (χ1) is 7.15. The zero-order chi connectivity index (χ0) is 10.8. The summed E-state index contributed by atoms with van der Waals surface area (Å²) >= 11 is 0. The third kappa shape index (κ3) is 2.93. The second kappa shape index (κ2) is 4.19. The van der Waals surface area contributed by atoms with Gasteiger partial charge in [0.1, 0.15) is 0 Å². The molecule has 1 heterocycles. The monoisotopic (exact) mass is 205 g/mol. The second-order valence-corrected chi connectivity index (χ2v) is 4.55. The van der Waals surface area contributed by atoms with Gasteiger partial charge in [-0.05, 0) is 26.7 Å². The van der Waals surface area contributed by atoms with E-state index in [0.29, 0.717) is 0 Å². The molecule has 0 saturated heterocycles. The fourth-order valence-corrected chi connectivity index (χ4v) is 1.63. The summed E-state index contributed by atoms with van der Waals surface area (Å²) in [6.07, 6.45) is 4.79. The van der Waals surface area contributed by atoms with E-state index in [9.17, 15) is 0 Å². The first kappa shape index (κ1) is 10.4. The van der Waals surface area contributed by atoms with Gasteiger partial charge in [0.2, 0.25) is 0 Å². The Kier molecular flexibility index (Phi) is 2.91. The highest BCUT2D eigenvalue weighted by molar-refractivity contribution is 5.16. The molecule has 0 amide bonds. The molecule has 1 fully saturated rings. The smallest absolute Gasteiger partial charge is 0.0638 e. The predicted octanol–water partition coefficient (Wildman–Crippen LogP) is 2.02. The maximum Gasteiger partial charge on any atom is 0.0638 e. The molecular formula is C12H19N3. The minimum atomic E-state index is 0.758. The first-order valence-electron chi connectivity index (χ1n) is 5.56. The number of nitrogens with one attached hydrogen (secondary N) is 1. The molecule has 1 aromatic heterocycles. The van der Waals surface area contributed by atoms with Crippen LogP contribution in [0, 0.1) is 6.92 Å². The molecule has 1 saturated carbocycles. The highest BCUT2D eigenvalue weighted by Gasteiger charge is 2.20. The highest BCUT2D eigenvalue weighted by atomic mass is 15.3. The SMILES string of the molecule is C=C(C)Cn1cc(CNC2CC2)c(C)n1. The van der Waals surface area contributed by atoms with Gasteiger partial charge in [-0.25, -0.2) is 0 Å². The maximum atomic E-state index is 4.46. The number of hydrogen-bond acceptors (Lipinski definition) is 2. The summed E-state index contributed by atoms with van der Waals surface area (Å²) in [4.78, 5) is 0. The van der Waals surface area contributed by atoms with Crippen LogP contribution < -0.4 is 5.32 Å². The Morgan fingerprint density at radius 1 is 1.67 bits per heavy atom. The zero-order valence-electron chi connectivity index (χ0n) is 9.58. The molecule has 0 bridgehead atoms. The Morgan fingerprint density at radius 3 is 3.00 bits per heavy atom. The summed E-state index contributed by atoms with van der Waals surface area (Å²) in [5, 5.41) is 7.97. The molecule has 1 N–H and O–H groups in total. The van der Waals surface area contributed by atoms with Crippen molar-refractivity contribution < 1.29 is 0 Å². The molecule has 1 aliphatic rings. The molecular weight excluding hydrogens is 186 g/mol. The third-order valence-electron chi connectivity index (χ3n) is 2.64. The van der Waals surface area contributed by atoms with E-state index in [1.165, 1.54) is 18.4 Å². The van der Waals surface area contributed by atoms with Crippen LogP contribution in [0.4, 0.5) is 0 Å². The minimum absolute atomic E-state index is 0.758. The summed E-state index contributed by atoms with van der Waals surface area (Å²) in [6.45, 7) is 9.77. The van der Waals surface area contributed by atoms with Crippen molar-refractivity contribution in [1.82, 2.24) is 15.1 Å². The number of hydrogen-bond donors (Lipinski definition) is 1. The van der Waals surface area contributed by atoms with E-state index >= 15 is 0 Å². The molecule has 2 rings (SSSR count). The standard InChI is InChI=1S/C12H19N3/c1-9(2)7-15-8-11(10(3)14-15)6-13-12-4-5-12/h8,12-13H,1,4-7H2,2-3H3. The van der Waals surface area contributed by atoms with E-state index in [2.05, 4.69) is 30.1 Å². The average Bonchev–Trinajstić information content (AvgIpc) is 2.89. The molecule has 0 atom stereocenters. The summed E-state index contributed by atoms with van der Waals surface area (Å²) in [5.74, 6) is 0. The molecule has 0 spiro atoms. The van der Waals surface area contributed by atoms with Crippen LogP contribution >= 0.6 is 0 Å². The number of aryl methyl sites for hydroxylation is 1. The van der Waals surface area contributed by atoms with E-state index in [-0.39, 0.29) is 0 Å². The van der Waals surface area contributed by atoms with Gasteiger partial charge < -0.3 is 5.32 Å². The molecule has 1 aromatic rings. The van der Waals surface area contributed by atoms with Gasteiger partial charge in [0, 0.05) is 24.3 Å². The fraction of sp³-hybridized carbons (Fsp3) is 0.583. The van der Waals surface area contributed by atoms with E-state index in [1.54, 1.807) is 0 Å². The Balaban J connectivity index is 1.96. The van der Waals surface area contributed by atoms with Crippen molar-refractivity contribution in [3.8, 4) is 0 Å². The van der Waals surface area contributed by atoms with E-state index < -0.39 is 0 Å². The van der Waals surface area contributed by atoms with Crippen molar-refractivity contribution in [2.24, 2.45) is 0 Å². The van der Waals surface area contributed by atoms with Gasteiger partial charge in [-0.1, -0.05) is 12.2 Å². The van der Waals surface area contributed by atoms with Crippen LogP contribution in [0.3, 0.4) is 0 Å². The number of nitrogens with zero attached hydrogens (tertiary/aromatic N) is 2. The van der Waals surface area contributed by atoms with Gasteiger partial charge in [0.05, 0.1) is 12.2 Å². The highest BCUT2D eigenvalue weighted by Crippen LogP contribution is 2.19. The second-order valence-electron chi connectivity index (χ2n) is 4.55. The molecule has 1 aliphatic carbocycles. The third-order valence-corrected chi connectivity index (χ3v) is 2.64. The average molecular weight is 205 g/mol. The Bertz CT molecular complexity index is 361. The molecule has 0 unspecified atom stereocenters. The Morgan fingerprint density at radius 2 is 2.40 bits per heavy atom. The molecule has 15 heavy (non-hydrogen) atoms. The van der Waals surface area contributed by atoms with Crippen LogP contribution in [0.15, 0.2) is 18.3 Å². The quantitative estimate of drug-likeness (QED) is 0.745. The van der Waals surface area contributed by atoms with Crippen molar-refractivity contribution in [3.05, 3.63) is 29.6 Å². The van der Waals surface area contributed by atoms with Gasteiger partial charge in [0.15, 0.2) is 0 Å². The maximum absolute atomic E-state index is 4.46. The topological polar surface area (TPSA) is 29.9 Å². The predicted molar refractivity (Wildman–Crippen MR) is 61.6 cm³/mol. The van der Waals surface area contributed by atoms with Gasteiger partial charge in [0.25, 0.3) is 0 Å². The summed E-state index contributed by atoms with van der Waals surface area (Å²) in [7, 11) is 0. The lowest BCUT2D eigenvalue weighted by Gasteiger charge is -2.00. The molecule has 3 heteroatoms. The Labute approximate surface area is 91.2 Å². The van der Waals surface area contributed by atoms with Crippen LogP contribution in [0.5, 0.6) is 0 Å². The van der Waals surface area contributed by atoms with Crippen molar-refractivity contribution in [1.29, 1.82) is 0 Å². The van der Waals surface area contributed by atoms with Gasteiger partial charge in [-0.2, -0.15) is 5.10 Å². The fourth-order valence-electron chi connectivity index (χ4n) is 1.63. The van der Waals surface area contributed by atoms with Gasteiger partial charge >= 0.3 is 0 Å². The van der Waals surface area contributed by atoms with Crippen LogP contribution in [-0.4, -0.2) is 15.8 Å². The largest absolute Gasteiger partial charge is 0.310 e. The van der Waals surface area contributed by atoms with Gasteiger partial charge in [-0.3, -0.25) is 4.68 Å². The number of aromatic nitrogens is 2. The molecule has 0 radical (unpaired) electrons. The molecule has 0 aliphatic heterocycles. The summed E-state index contributed by atoms with van der Waals surface area (Å²) in [6, 6.07) is 0.758. The lowest BCUT2D eigenvalue weighted by molar-refractivity contribution is 0.668. The lowest BCUT2D eigenvalue weighted by Crippen LogP contribution is -2.15. The van der Waals surface area contributed by atoms with Crippen molar-refractivity contribution in [2.45, 2.75) is 45.8 Å². The summed E-state index contributed by atoms with van der Waals surface area (Å²) in [5.41, 5.74) is 3.58. The van der Waals surface area contributed by atoms with Crippen LogP contribution in [0.25, 0.3) is 0 Å². The summed E-state index contributed by atoms with van der Waals surface area (Å²) < 4.78 is 1.97. The van der Waals surface area contributed by atoms with Crippen LogP contribution in [0.2, 0.25) is 0 Å². The van der Waals surface area contributed by atoms with Crippen molar-refractivity contribution in [2.75, 3.05) is 0 Å². The number of rotatable bonds is 5. The van der Waals surface area contributed by atoms with Crippen molar-refractivity contribution >= 4 is 0 Å². The van der Waals surface area contributed by atoms with Crippen molar-refractivity contribution in [3.63, 3.8) is 0 Å². The van der Waals surface area contributed by atoms with E-state index in [4.69, 9.17) is 0 Å². The molecule has 82 valence electrons. The lowest BCUT2D eigenvalue weighted by atomic mass is 10.2. The normalized spacial score (nSPS) is 15.6. The minimum Gasteiger partial charge on any atom is -0.310 e. The molecule has 0 aromatic carbocycles. The van der Waals surface area contributed by atoms with E-state index in [0.717, 1.165) is 30.4 Å².